The molecule has 138 valence electrons. The van der Waals surface area contributed by atoms with Gasteiger partial charge >= 0.3 is 0 Å². The predicted molar refractivity (Wildman–Crippen MR) is 102 cm³/mol. The molecule has 1 aliphatic heterocycles. The fraction of sp³-hybridized carbons (Fsp3) is 0.667. The molecule has 4 nitrogen and oxygen atoms in total. The number of hydrogen-bond donors (Lipinski definition) is 2. The van der Waals surface area contributed by atoms with Crippen molar-refractivity contribution in [1.82, 2.24) is 10.2 Å². The Kier molecular flexibility index (Phi) is 6.13. The van der Waals surface area contributed by atoms with Crippen molar-refractivity contribution in [2.24, 2.45) is 17.6 Å². The Morgan fingerprint density at radius 2 is 1.92 bits per heavy atom. The van der Waals surface area contributed by atoms with E-state index in [9.17, 15) is 4.79 Å². The van der Waals surface area contributed by atoms with Gasteiger partial charge in [-0.2, -0.15) is 0 Å². The first kappa shape index (κ1) is 18.4. The summed E-state index contributed by atoms with van der Waals surface area (Å²) in [5.74, 6) is 0.763. The van der Waals surface area contributed by atoms with Gasteiger partial charge < -0.3 is 11.1 Å². The van der Waals surface area contributed by atoms with Gasteiger partial charge in [0.15, 0.2) is 0 Å². The van der Waals surface area contributed by atoms with E-state index in [1.54, 1.807) is 0 Å². The maximum Gasteiger partial charge on any atom is 0.224 e. The van der Waals surface area contributed by atoms with Gasteiger partial charge in [0.2, 0.25) is 5.91 Å². The lowest BCUT2D eigenvalue weighted by Crippen LogP contribution is -2.53. The number of likely N-dealkylation sites (tertiary alicyclic amines) is 1. The molecule has 3 rings (SSSR count). The molecular formula is C21H33N3O. The molecule has 0 spiro atoms. The molecule has 1 amide bonds. The monoisotopic (exact) mass is 343 g/mol. The number of hydrogen-bond acceptors (Lipinski definition) is 3. The van der Waals surface area contributed by atoms with Crippen LogP contribution >= 0.6 is 0 Å². The molecule has 1 saturated heterocycles. The van der Waals surface area contributed by atoms with Crippen LogP contribution in [0.5, 0.6) is 0 Å². The quantitative estimate of drug-likeness (QED) is 0.864. The van der Waals surface area contributed by atoms with Crippen molar-refractivity contribution in [1.29, 1.82) is 0 Å². The summed E-state index contributed by atoms with van der Waals surface area (Å²) < 4.78 is 0. The largest absolute Gasteiger partial charge is 0.356 e. The molecular weight excluding hydrogens is 310 g/mol. The third-order valence-electron chi connectivity index (χ3n) is 6.09. The highest BCUT2D eigenvalue weighted by molar-refractivity contribution is 5.80. The molecule has 2 fully saturated rings. The van der Waals surface area contributed by atoms with Crippen molar-refractivity contribution in [3.63, 3.8) is 0 Å². The van der Waals surface area contributed by atoms with E-state index in [2.05, 4.69) is 40.5 Å². The summed E-state index contributed by atoms with van der Waals surface area (Å²) in [6.45, 7) is 6.12. The molecule has 2 aliphatic rings. The summed E-state index contributed by atoms with van der Waals surface area (Å²) in [6.07, 6.45) is 6.51. The van der Waals surface area contributed by atoms with Gasteiger partial charge in [-0.3, -0.25) is 9.69 Å². The van der Waals surface area contributed by atoms with E-state index < -0.39 is 0 Å². The summed E-state index contributed by atoms with van der Waals surface area (Å²) in [7, 11) is 0. The van der Waals surface area contributed by atoms with E-state index in [0.717, 1.165) is 64.7 Å². The standard InChI is InChI=1S/C21H33N3O/c1-21(22)12-6-5-9-19(21)20(25)23-15-17-10-13-24(14-11-17)16-18-7-3-2-4-8-18/h2-4,7-8,17,19H,5-6,9-16,22H2,1H3,(H,23,25). The second kappa shape index (κ2) is 8.33. The normalized spacial score (nSPS) is 28.6. The molecule has 1 aromatic carbocycles. The van der Waals surface area contributed by atoms with Crippen LogP contribution in [0.3, 0.4) is 0 Å². The number of nitrogens with zero attached hydrogens (tertiary/aromatic N) is 1. The Morgan fingerprint density at radius 3 is 2.60 bits per heavy atom. The number of carbonyl (C=O) groups excluding carboxylic acids is 1. The number of nitrogens with two attached hydrogens (primary N) is 1. The highest BCUT2D eigenvalue weighted by atomic mass is 16.1. The summed E-state index contributed by atoms with van der Waals surface area (Å²) in [6, 6.07) is 10.7. The fourth-order valence-electron chi connectivity index (χ4n) is 4.35. The van der Waals surface area contributed by atoms with Gasteiger partial charge in [0.05, 0.1) is 5.92 Å². The van der Waals surface area contributed by atoms with Gasteiger partial charge in [-0.05, 0) is 57.2 Å². The van der Waals surface area contributed by atoms with Gasteiger partial charge in [-0.15, -0.1) is 0 Å². The van der Waals surface area contributed by atoms with Crippen molar-refractivity contribution >= 4 is 5.91 Å². The molecule has 25 heavy (non-hydrogen) atoms. The lowest BCUT2D eigenvalue weighted by molar-refractivity contribution is -0.128. The Hall–Kier alpha value is -1.39. The molecule has 1 aromatic rings. The second-order valence-electron chi connectivity index (χ2n) is 8.25. The zero-order valence-electron chi connectivity index (χ0n) is 15.5. The summed E-state index contributed by atoms with van der Waals surface area (Å²) >= 11 is 0. The molecule has 3 N–H and O–H groups in total. The van der Waals surface area contributed by atoms with Crippen molar-refractivity contribution < 1.29 is 4.79 Å². The summed E-state index contributed by atoms with van der Waals surface area (Å²) in [5.41, 5.74) is 7.41. The van der Waals surface area contributed by atoms with Crippen LogP contribution in [0.15, 0.2) is 30.3 Å². The average Bonchev–Trinajstić information content (AvgIpc) is 2.61. The Balaban J connectivity index is 1.39. The Labute approximate surface area is 152 Å². The third-order valence-corrected chi connectivity index (χ3v) is 6.09. The van der Waals surface area contributed by atoms with Gasteiger partial charge in [-0.1, -0.05) is 43.2 Å². The SMILES string of the molecule is CC1(N)CCCCC1C(=O)NCC1CCN(Cc2ccccc2)CC1. The fourth-order valence-corrected chi connectivity index (χ4v) is 4.35. The first-order chi connectivity index (χ1) is 12.0. The van der Waals surface area contributed by atoms with Crippen LogP contribution in [0, 0.1) is 11.8 Å². The lowest BCUT2D eigenvalue weighted by atomic mass is 9.74. The van der Waals surface area contributed by atoms with Crippen molar-refractivity contribution in [3.8, 4) is 0 Å². The van der Waals surface area contributed by atoms with Crippen LogP contribution in [0.25, 0.3) is 0 Å². The molecule has 2 unspecified atom stereocenters. The molecule has 0 radical (unpaired) electrons. The number of amides is 1. The lowest BCUT2D eigenvalue weighted by Gasteiger charge is -2.38. The predicted octanol–water partition coefficient (Wildman–Crippen LogP) is 2.92. The number of rotatable bonds is 5. The smallest absolute Gasteiger partial charge is 0.224 e. The maximum atomic E-state index is 12.6. The van der Waals surface area contributed by atoms with Gasteiger partial charge in [0.25, 0.3) is 0 Å². The number of nitrogens with one attached hydrogen (secondary N) is 1. The van der Waals surface area contributed by atoms with Crippen LogP contribution in [0.4, 0.5) is 0 Å². The number of piperidine rings is 1. The highest BCUT2D eigenvalue weighted by Crippen LogP contribution is 2.31. The van der Waals surface area contributed by atoms with E-state index >= 15 is 0 Å². The van der Waals surface area contributed by atoms with E-state index in [1.165, 1.54) is 5.56 Å². The van der Waals surface area contributed by atoms with Gasteiger partial charge in [0, 0.05) is 18.6 Å². The topological polar surface area (TPSA) is 58.4 Å². The van der Waals surface area contributed by atoms with Crippen molar-refractivity contribution in [3.05, 3.63) is 35.9 Å². The highest BCUT2D eigenvalue weighted by Gasteiger charge is 2.37. The Bertz CT molecular complexity index is 550. The van der Waals surface area contributed by atoms with Crippen LogP contribution in [-0.4, -0.2) is 36.0 Å². The maximum absolute atomic E-state index is 12.6. The third kappa shape index (κ3) is 5.05. The van der Waals surface area contributed by atoms with Crippen molar-refractivity contribution in [2.45, 2.75) is 57.5 Å². The van der Waals surface area contributed by atoms with Crippen molar-refractivity contribution in [2.75, 3.05) is 19.6 Å². The number of benzene rings is 1. The first-order valence-electron chi connectivity index (χ1n) is 9.87. The zero-order chi connectivity index (χ0) is 17.7. The Morgan fingerprint density at radius 1 is 1.20 bits per heavy atom. The summed E-state index contributed by atoms with van der Waals surface area (Å²) in [5, 5.41) is 3.20. The molecule has 0 bridgehead atoms. The molecule has 0 aromatic heterocycles. The van der Waals surface area contributed by atoms with Crippen LogP contribution in [0.1, 0.15) is 51.0 Å². The van der Waals surface area contributed by atoms with E-state index in [0.29, 0.717) is 5.92 Å². The average molecular weight is 344 g/mol. The summed E-state index contributed by atoms with van der Waals surface area (Å²) in [4.78, 5) is 15.1. The number of carbonyl (C=O) groups is 1. The van der Waals surface area contributed by atoms with Crippen LogP contribution in [0.2, 0.25) is 0 Å². The first-order valence-corrected chi connectivity index (χ1v) is 9.87. The van der Waals surface area contributed by atoms with Crippen LogP contribution in [-0.2, 0) is 11.3 Å². The minimum atomic E-state index is -0.332. The van der Waals surface area contributed by atoms with E-state index in [4.69, 9.17) is 5.73 Å². The minimum Gasteiger partial charge on any atom is -0.356 e. The van der Waals surface area contributed by atoms with Gasteiger partial charge in [0.1, 0.15) is 0 Å². The van der Waals surface area contributed by atoms with Gasteiger partial charge in [-0.25, -0.2) is 0 Å². The zero-order valence-corrected chi connectivity index (χ0v) is 15.5. The molecule has 2 atom stereocenters. The molecule has 1 aliphatic carbocycles. The van der Waals surface area contributed by atoms with Crippen LogP contribution < -0.4 is 11.1 Å². The second-order valence-corrected chi connectivity index (χ2v) is 8.25. The van der Waals surface area contributed by atoms with E-state index in [-0.39, 0.29) is 17.4 Å². The molecule has 1 heterocycles. The minimum absolute atomic E-state index is 0.0144. The molecule has 4 heteroatoms. The van der Waals surface area contributed by atoms with E-state index in [1.807, 2.05) is 6.92 Å². The molecule has 1 saturated carbocycles.